The Morgan fingerprint density at radius 1 is 1.57 bits per heavy atom. The van der Waals surface area contributed by atoms with Crippen LogP contribution in [0.1, 0.15) is 6.42 Å². The Balaban J connectivity index is 2.68. The van der Waals surface area contributed by atoms with Gasteiger partial charge in [-0.15, -0.1) is 0 Å². The molecule has 7 heavy (non-hydrogen) atoms. The molecule has 4 N–H and O–H groups in total. The number of methoxy groups -OCH3 is 1. The average molecular weight is 104 g/mol. The Hall–Kier alpha value is -0.120. The van der Waals surface area contributed by atoms with Gasteiger partial charge in [0.2, 0.25) is 0 Å². The second-order valence-electron chi connectivity index (χ2n) is 1.45. The molecule has 44 valence electrons. The van der Waals surface area contributed by atoms with Crippen molar-refractivity contribution in [1.82, 2.24) is 0 Å². The normalized spacial score (nSPS) is 10.3. The first-order chi connectivity index (χ1) is 3.27. The number of hydrogen-bond acceptors (Lipinski definition) is 3. The van der Waals surface area contributed by atoms with Crippen LogP contribution < -0.4 is 11.5 Å². The van der Waals surface area contributed by atoms with Crippen LogP contribution in [0, 0.1) is 0 Å². The zero-order valence-corrected chi connectivity index (χ0v) is 4.55. The van der Waals surface area contributed by atoms with Crippen molar-refractivity contribution < 1.29 is 4.74 Å². The van der Waals surface area contributed by atoms with E-state index in [4.69, 9.17) is 16.2 Å². The Labute approximate surface area is 43.6 Å². The first-order valence-corrected chi connectivity index (χ1v) is 2.27. The molecule has 0 unspecified atom stereocenters. The fourth-order valence-electron chi connectivity index (χ4n) is 0.254. The molecule has 0 aromatic carbocycles. The highest BCUT2D eigenvalue weighted by molar-refractivity contribution is 4.46. The molecule has 0 aromatic rings. The molecule has 0 aliphatic rings. The highest BCUT2D eigenvalue weighted by Gasteiger charge is 1.89. The molecule has 0 aliphatic carbocycles. The maximum Gasteiger partial charge on any atom is 0.0543 e. The number of rotatable bonds is 3. The molecule has 0 heterocycles. The van der Waals surface area contributed by atoms with Crippen molar-refractivity contribution in [2.75, 3.05) is 13.7 Å². The van der Waals surface area contributed by atoms with E-state index in [-0.39, 0.29) is 6.17 Å². The van der Waals surface area contributed by atoms with Crippen LogP contribution in [0.5, 0.6) is 0 Å². The second-order valence-corrected chi connectivity index (χ2v) is 1.45. The molecule has 3 nitrogen and oxygen atoms in total. The van der Waals surface area contributed by atoms with Crippen LogP contribution >= 0.6 is 0 Å². The lowest BCUT2D eigenvalue weighted by atomic mass is 10.4. The van der Waals surface area contributed by atoms with Gasteiger partial charge in [-0.1, -0.05) is 0 Å². The minimum atomic E-state index is -0.222. The molecule has 0 saturated carbocycles. The summed E-state index contributed by atoms with van der Waals surface area (Å²) < 4.78 is 4.69. The first kappa shape index (κ1) is 6.88. The average Bonchev–Trinajstić information content (AvgIpc) is 1.61. The second kappa shape index (κ2) is 4.05. The largest absolute Gasteiger partial charge is 0.385 e. The third-order valence-corrected chi connectivity index (χ3v) is 0.655. The first-order valence-electron chi connectivity index (χ1n) is 2.27. The van der Waals surface area contributed by atoms with Gasteiger partial charge in [0.25, 0.3) is 0 Å². The van der Waals surface area contributed by atoms with Crippen molar-refractivity contribution in [1.29, 1.82) is 0 Å². The molecule has 0 atom stereocenters. The summed E-state index contributed by atoms with van der Waals surface area (Å²) in [5.74, 6) is 0. The Bertz CT molecular complexity index is 38.7. The van der Waals surface area contributed by atoms with E-state index in [1.54, 1.807) is 7.11 Å². The number of hydrogen-bond donors (Lipinski definition) is 2. The summed E-state index contributed by atoms with van der Waals surface area (Å²) in [4.78, 5) is 0. The van der Waals surface area contributed by atoms with Gasteiger partial charge in [0.1, 0.15) is 0 Å². The van der Waals surface area contributed by atoms with Gasteiger partial charge in [-0.3, -0.25) is 0 Å². The Morgan fingerprint density at radius 3 is 2.29 bits per heavy atom. The molecule has 0 fully saturated rings. The van der Waals surface area contributed by atoms with Gasteiger partial charge in [0.15, 0.2) is 0 Å². The van der Waals surface area contributed by atoms with E-state index >= 15 is 0 Å². The van der Waals surface area contributed by atoms with Gasteiger partial charge < -0.3 is 16.2 Å². The minimum Gasteiger partial charge on any atom is -0.385 e. The van der Waals surface area contributed by atoms with Gasteiger partial charge in [0.05, 0.1) is 6.17 Å². The molecule has 3 heteroatoms. The van der Waals surface area contributed by atoms with Crippen LogP contribution in [-0.2, 0) is 4.74 Å². The van der Waals surface area contributed by atoms with Gasteiger partial charge >= 0.3 is 0 Å². The maximum absolute atomic E-state index is 5.18. The molecule has 0 amide bonds. The van der Waals surface area contributed by atoms with Gasteiger partial charge in [-0.25, -0.2) is 0 Å². The zero-order chi connectivity index (χ0) is 5.70. The number of nitrogens with two attached hydrogens (primary N) is 2. The highest BCUT2D eigenvalue weighted by Crippen LogP contribution is 1.77. The van der Waals surface area contributed by atoms with Gasteiger partial charge in [-0.2, -0.15) is 0 Å². The van der Waals surface area contributed by atoms with Crippen LogP contribution in [0.4, 0.5) is 0 Å². The van der Waals surface area contributed by atoms with Crippen LogP contribution in [0.15, 0.2) is 0 Å². The molecule has 0 bridgehead atoms. The summed E-state index contributed by atoms with van der Waals surface area (Å²) in [6.07, 6.45) is 0.510. The topological polar surface area (TPSA) is 61.3 Å². The SMILES string of the molecule is COCCC(N)N. The predicted octanol–water partition coefficient (Wildman–Crippen LogP) is -0.734. The molecule has 0 aliphatic heterocycles. The summed E-state index contributed by atoms with van der Waals surface area (Å²) >= 11 is 0. The van der Waals surface area contributed by atoms with Crippen LogP contribution in [-0.4, -0.2) is 19.9 Å². The van der Waals surface area contributed by atoms with E-state index in [1.807, 2.05) is 0 Å². The fourth-order valence-corrected chi connectivity index (χ4v) is 0.254. The van der Waals surface area contributed by atoms with Crippen LogP contribution in [0.3, 0.4) is 0 Å². The smallest absolute Gasteiger partial charge is 0.0543 e. The molecule has 0 saturated heterocycles. The van der Waals surface area contributed by atoms with E-state index in [9.17, 15) is 0 Å². The molecule has 0 aromatic heterocycles. The van der Waals surface area contributed by atoms with Crippen molar-refractivity contribution in [3.05, 3.63) is 0 Å². The van der Waals surface area contributed by atoms with E-state index in [0.717, 1.165) is 6.42 Å². The lowest BCUT2D eigenvalue weighted by Crippen LogP contribution is -2.31. The summed E-state index contributed by atoms with van der Waals surface area (Å²) in [6.45, 7) is 0.650. The third kappa shape index (κ3) is 5.88. The molecular formula is C4H12N2O. The van der Waals surface area contributed by atoms with Crippen LogP contribution in [0.25, 0.3) is 0 Å². The minimum absolute atomic E-state index is 0.222. The summed E-state index contributed by atoms with van der Waals surface area (Å²) in [6, 6.07) is 0. The highest BCUT2D eigenvalue weighted by atomic mass is 16.5. The van der Waals surface area contributed by atoms with Gasteiger partial charge in [0, 0.05) is 13.7 Å². The molecular weight excluding hydrogens is 92.1 g/mol. The monoisotopic (exact) mass is 104 g/mol. The van der Waals surface area contributed by atoms with Crippen molar-refractivity contribution in [2.45, 2.75) is 12.6 Å². The summed E-state index contributed by atoms with van der Waals surface area (Å²) in [5, 5.41) is 0. The van der Waals surface area contributed by atoms with Crippen molar-refractivity contribution in [3.63, 3.8) is 0 Å². The quantitative estimate of drug-likeness (QED) is 0.464. The summed E-state index contributed by atoms with van der Waals surface area (Å²) in [5.41, 5.74) is 10.4. The zero-order valence-electron chi connectivity index (χ0n) is 4.55. The van der Waals surface area contributed by atoms with Crippen molar-refractivity contribution in [3.8, 4) is 0 Å². The molecule has 0 rings (SSSR count). The lowest BCUT2D eigenvalue weighted by molar-refractivity contribution is 0.188. The lowest BCUT2D eigenvalue weighted by Gasteiger charge is -2.00. The third-order valence-electron chi connectivity index (χ3n) is 0.655. The van der Waals surface area contributed by atoms with E-state index in [0.29, 0.717) is 6.61 Å². The van der Waals surface area contributed by atoms with E-state index < -0.39 is 0 Å². The molecule has 0 radical (unpaired) electrons. The Morgan fingerprint density at radius 2 is 2.14 bits per heavy atom. The van der Waals surface area contributed by atoms with Crippen LogP contribution in [0.2, 0.25) is 0 Å². The number of ether oxygens (including phenoxy) is 1. The van der Waals surface area contributed by atoms with Gasteiger partial charge in [-0.05, 0) is 6.42 Å². The summed E-state index contributed by atoms with van der Waals surface area (Å²) in [7, 11) is 1.63. The van der Waals surface area contributed by atoms with Crippen molar-refractivity contribution in [2.24, 2.45) is 11.5 Å². The standard InChI is InChI=1S/C4H12N2O/c1-7-3-2-4(5)6/h4H,2-3,5-6H2,1H3. The van der Waals surface area contributed by atoms with E-state index in [1.165, 1.54) is 0 Å². The van der Waals surface area contributed by atoms with E-state index in [2.05, 4.69) is 0 Å². The Kier molecular flexibility index (Phi) is 3.98. The molecule has 0 spiro atoms. The fraction of sp³-hybridized carbons (Fsp3) is 1.00. The maximum atomic E-state index is 5.18. The predicted molar refractivity (Wildman–Crippen MR) is 28.7 cm³/mol. The van der Waals surface area contributed by atoms with Crippen molar-refractivity contribution >= 4 is 0 Å².